The SMILES string of the molecule is CC(C)CN(C)CCCCCCCCCBr. The summed E-state index contributed by atoms with van der Waals surface area (Å²) < 4.78 is 0. The zero-order chi connectivity index (χ0) is 12.2. The van der Waals surface area contributed by atoms with Crippen LogP contribution >= 0.6 is 15.9 Å². The minimum absolute atomic E-state index is 0.800. The number of unbranched alkanes of at least 4 members (excludes halogenated alkanes) is 6. The largest absolute Gasteiger partial charge is 0.306 e. The van der Waals surface area contributed by atoms with Gasteiger partial charge in [-0.3, -0.25) is 0 Å². The summed E-state index contributed by atoms with van der Waals surface area (Å²) >= 11 is 3.47. The molecule has 98 valence electrons. The van der Waals surface area contributed by atoms with Crippen LogP contribution in [0, 0.1) is 5.92 Å². The van der Waals surface area contributed by atoms with Gasteiger partial charge in [-0.2, -0.15) is 0 Å². The molecule has 0 aliphatic carbocycles. The molecule has 0 heterocycles. The molecule has 0 aromatic carbocycles. The highest BCUT2D eigenvalue weighted by Crippen LogP contribution is 2.08. The molecular formula is C14H30BrN. The summed E-state index contributed by atoms with van der Waals surface area (Å²) in [6.07, 6.45) is 9.82. The van der Waals surface area contributed by atoms with E-state index in [1.807, 2.05) is 0 Å². The summed E-state index contributed by atoms with van der Waals surface area (Å²) in [5.41, 5.74) is 0. The van der Waals surface area contributed by atoms with Gasteiger partial charge in [-0.05, 0) is 32.4 Å². The molecule has 0 unspecified atom stereocenters. The Bertz CT molecular complexity index is 137. The van der Waals surface area contributed by atoms with Crippen LogP contribution in [-0.2, 0) is 0 Å². The number of alkyl halides is 1. The lowest BCUT2D eigenvalue weighted by Gasteiger charge is -2.18. The van der Waals surface area contributed by atoms with Gasteiger partial charge < -0.3 is 4.90 Å². The number of hydrogen-bond donors (Lipinski definition) is 0. The van der Waals surface area contributed by atoms with Crippen LogP contribution in [0.2, 0.25) is 0 Å². The van der Waals surface area contributed by atoms with E-state index in [4.69, 9.17) is 0 Å². The van der Waals surface area contributed by atoms with Crippen molar-refractivity contribution in [2.75, 3.05) is 25.5 Å². The van der Waals surface area contributed by atoms with Crippen LogP contribution in [0.1, 0.15) is 58.8 Å². The second-order valence-electron chi connectivity index (χ2n) is 5.32. The van der Waals surface area contributed by atoms with E-state index in [-0.39, 0.29) is 0 Å². The molecule has 0 bridgehead atoms. The average molecular weight is 292 g/mol. The van der Waals surface area contributed by atoms with Crippen LogP contribution in [-0.4, -0.2) is 30.4 Å². The lowest BCUT2D eigenvalue weighted by molar-refractivity contribution is 0.288. The molecule has 0 aromatic heterocycles. The molecule has 0 aliphatic rings. The standard InChI is InChI=1S/C14H30BrN/c1-14(2)13-16(3)12-10-8-6-4-5-7-9-11-15/h14H,4-13H2,1-3H3. The summed E-state index contributed by atoms with van der Waals surface area (Å²) in [6.45, 7) is 7.10. The molecular weight excluding hydrogens is 262 g/mol. The van der Waals surface area contributed by atoms with Gasteiger partial charge in [0.25, 0.3) is 0 Å². The number of halogens is 1. The van der Waals surface area contributed by atoms with E-state index >= 15 is 0 Å². The fourth-order valence-electron chi connectivity index (χ4n) is 2.07. The maximum Gasteiger partial charge on any atom is 0.00313 e. The summed E-state index contributed by atoms with van der Waals surface area (Å²) in [5, 5.41) is 1.17. The third-order valence-electron chi connectivity index (χ3n) is 2.85. The number of hydrogen-bond acceptors (Lipinski definition) is 1. The highest BCUT2D eigenvalue weighted by Gasteiger charge is 2.00. The van der Waals surface area contributed by atoms with Gasteiger partial charge in [0.05, 0.1) is 0 Å². The highest BCUT2D eigenvalue weighted by atomic mass is 79.9. The molecule has 16 heavy (non-hydrogen) atoms. The molecule has 0 fully saturated rings. The lowest BCUT2D eigenvalue weighted by Crippen LogP contribution is -2.24. The maximum absolute atomic E-state index is 3.47. The molecule has 0 radical (unpaired) electrons. The van der Waals surface area contributed by atoms with Crippen LogP contribution < -0.4 is 0 Å². The Kier molecular flexibility index (Phi) is 12.2. The number of rotatable bonds is 11. The summed E-state index contributed by atoms with van der Waals surface area (Å²) in [4.78, 5) is 2.47. The van der Waals surface area contributed by atoms with Gasteiger partial charge in [0, 0.05) is 11.9 Å². The first-order valence-electron chi connectivity index (χ1n) is 6.91. The van der Waals surface area contributed by atoms with Crippen molar-refractivity contribution in [2.45, 2.75) is 58.8 Å². The van der Waals surface area contributed by atoms with E-state index in [2.05, 4.69) is 41.7 Å². The van der Waals surface area contributed by atoms with Gasteiger partial charge in [-0.25, -0.2) is 0 Å². The molecule has 0 saturated carbocycles. The van der Waals surface area contributed by atoms with Gasteiger partial charge in [0.1, 0.15) is 0 Å². The van der Waals surface area contributed by atoms with E-state index in [0.717, 1.165) is 5.92 Å². The molecule has 2 heteroatoms. The van der Waals surface area contributed by atoms with Crippen molar-refractivity contribution in [1.29, 1.82) is 0 Å². The molecule has 0 aromatic rings. The Morgan fingerprint density at radius 1 is 0.875 bits per heavy atom. The summed E-state index contributed by atoms with van der Waals surface area (Å²) in [5.74, 6) is 0.800. The molecule has 0 amide bonds. The average Bonchev–Trinajstić information content (AvgIpc) is 2.21. The second-order valence-corrected chi connectivity index (χ2v) is 6.11. The zero-order valence-corrected chi connectivity index (χ0v) is 13.1. The molecule has 0 spiro atoms. The van der Waals surface area contributed by atoms with E-state index < -0.39 is 0 Å². The normalized spacial score (nSPS) is 11.6. The first-order chi connectivity index (χ1) is 7.66. The van der Waals surface area contributed by atoms with Crippen molar-refractivity contribution >= 4 is 15.9 Å². The third kappa shape index (κ3) is 12.5. The molecule has 0 atom stereocenters. The van der Waals surface area contributed by atoms with Gasteiger partial charge >= 0.3 is 0 Å². The van der Waals surface area contributed by atoms with Crippen LogP contribution in [0.15, 0.2) is 0 Å². The molecule has 0 N–H and O–H groups in total. The number of nitrogens with zero attached hydrogens (tertiary/aromatic N) is 1. The highest BCUT2D eigenvalue weighted by molar-refractivity contribution is 9.09. The minimum atomic E-state index is 0.800. The predicted molar refractivity (Wildman–Crippen MR) is 78.4 cm³/mol. The van der Waals surface area contributed by atoms with Crippen LogP contribution in [0.4, 0.5) is 0 Å². The fraction of sp³-hybridized carbons (Fsp3) is 1.00. The second kappa shape index (κ2) is 11.9. The van der Waals surface area contributed by atoms with Crippen LogP contribution in [0.25, 0.3) is 0 Å². The lowest BCUT2D eigenvalue weighted by atomic mass is 10.1. The first kappa shape index (κ1) is 16.4. The fourth-order valence-corrected chi connectivity index (χ4v) is 2.47. The van der Waals surface area contributed by atoms with Crippen molar-refractivity contribution in [3.8, 4) is 0 Å². The van der Waals surface area contributed by atoms with Gasteiger partial charge in [-0.15, -0.1) is 0 Å². The maximum atomic E-state index is 3.47. The monoisotopic (exact) mass is 291 g/mol. The van der Waals surface area contributed by atoms with E-state index in [1.165, 1.54) is 63.4 Å². The minimum Gasteiger partial charge on any atom is -0.306 e. The molecule has 1 nitrogen and oxygen atoms in total. The van der Waals surface area contributed by atoms with Gasteiger partial charge in [-0.1, -0.05) is 61.9 Å². The van der Waals surface area contributed by atoms with Gasteiger partial charge in [0.2, 0.25) is 0 Å². The Morgan fingerprint density at radius 2 is 1.38 bits per heavy atom. The van der Waals surface area contributed by atoms with Crippen LogP contribution in [0.5, 0.6) is 0 Å². The van der Waals surface area contributed by atoms with E-state index in [9.17, 15) is 0 Å². The van der Waals surface area contributed by atoms with Gasteiger partial charge in [0.15, 0.2) is 0 Å². The smallest absolute Gasteiger partial charge is 0.00313 e. The topological polar surface area (TPSA) is 3.24 Å². The van der Waals surface area contributed by atoms with Crippen molar-refractivity contribution in [2.24, 2.45) is 5.92 Å². The summed E-state index contributed by atoms with van der Waals surface area (Å²) in [7, 11) is 2.25. The molecule has 0 saturated heterocycles. The van der Waals surface area contributed by atoms with Crippen molar-refractivity contribution in [3.05, 3.63) is 0 Å². The quantitative estimate of drug-likeness (QED) is 0.394. The molecule has 0 aliphatic heterocycles. The third-order valence-corrected chi connectivity index (χ3v) is 3.41. The Balaban J connectivity index is 3.08. The van der Waals surface area contributed by atoms with Crippen LogP contribution in [0.3, 0.4) is 0 Å². The van der Waals surface area contributed by atoms with Crippen molar-refractivity contribution < 1.29 is 0 Å². The van der Waals surface area contributed by atoms with Crippen molar-refractivity contribution in [3.63, 3.8) is 0 Å². The Morgan fingerprint density at radius 3 is 1.88 bits per heavy atom. The Hall–Kier alpha value is 0.440. The molecule has 0 rings (SSSR count). The Labute approximate surface area is 111 Å². The summed E-state index contributed by atoms with van der Waals surface area (Å²) in [6, 6.07) is 0. The predicted octanol–water partition coefficient (Wildman–Crippen LogP) is 4.70. The van der Waals surface area contributed by atoms with E-state index in [0.29, 0.717) is 0 Å². The van der Waals surface area contributed by atoms with E-state index in [1.54, 1.807) is 0 Å². The first-order valence-corrected chi connectivity index (χ1v) is 8.03. The zero-order valence-electron chi connectivity index (χ0n) is 11.5. The van der Waals surface area contributed by atoms with Crippen molar-refractivity contribution in [1.82, 2.24) is 4.90 Å².